The minimum absolute atomic E-state index is 0.149. The molecule has 0 aliphatic carbocycles. The molecule has 1 aromatic heterocycles. The zero-order valence-corrected chi connectivity index (χ0v) is 16.3. The molecule has 4 rings (SSSR count). The number of benzene rings is 1. The Hall–Kier alpha value is -2.68. The predicted octanol–water partition coefficient (Wildman–Crippen LogP) is 3.10. The van der Waals surface area contributed by atoms with Crippen molar-refractivity contribution in [3.63, 3.8) is 0 Å². The van der Waals surface area contributed by atoms with E-state index in [0.29, 0.717) is 23.5 Å². The summed E-state index contributed by atoms with van der Waals surface area (Å²) in [5.41, 5.74) is 6.45. The molecule has 2 aliphatic rings. The fourth-order valence-electron chi connectivity index (χ4n) is 2.94. The summed E-state index contributed by atoms with van der Waals surface area (Å²) in [6.07, 6.45) is 2.16. The van der Waals surface area contributed by atoms with Crippen LogP contribution in [-0.2, 0) is 4.74 Å². The number of hydrogen-bond donors (Lipinski definition) is 1. The van der Waals surface area contributed by atoms with Crippen LogP contribution in [0, 0.1) is 5.82 Å². The Morgan fingerprint density at radius 2 is 2.04 bits per heavy atom. The van der Waals surface area contributed by atoms with E-state index in [4.69, 9.17) is 10.5 Å². The largest absolute Gasteiger partial charge is 0.472 e. The Bertz CT molecular complexity index is 825. The van der Waals surface area contributed by atoms with E-state index in [1.807, 2.05) is 18.7 Å². The van der Waals surface area contributed by atoms with Crippen LogP contribution in [0.15, 0.2) is 41.2 Å². The number of ether oxygens (including phenoxy) is 1. The van der Waals surface area contributed by atoms with Gasteiger partial charge in [-0.25, -0.2) is 9.18 Å². The normalized spacial score (nSPS) is 19.1. The third kappa shape index (κ3) is 4.78. The lowest BCUT2D eigenvalue weighted by Crippen LogP contribution is -2.33. The lowest BCUT2D eigenvalue weighted by molar-refractivity contribution is 0.0999. The van der Waals surface area contributed by atoms with Gasteiger partial charge in [0.15, 0.2) is 0 Å². The van der Waals surface area contributed by atoms with Crippen molar-refractivity contribution in [2.24, 2.45) is 5.73 Å². The molecular weight excluding hydrogens is 385 g/mol. The summed E-state index contributed by atoms with van der Waals surface area (Å²) in [5, 5.41) is 0. The number of hydrogen-bond acceptors (Lipinski definition) is 6. The van der Waals surface area contributed by atoms with Crippen molar-refractivity contribution in [2.75, 3.05) is 40.9 Å². The number of nitrogens with zero attached hydrogens (tertiary/aromatic N) is 2. The number of anilines is 2. The number of carbonyl (C=O) groups excluding carboxylic acids is 2. The van der Waals surface area contributed by atoms with E-state index in [9.17, 15) is 14.0 Å². The van der Waals surface area contributed by atoms with E-state index in [2.05, 4.69) is 9.32 Å². The van der Waals surface area contributed by atoms with Gasteiger partial charge in [0.2, 0.25) is 0 Å². The quantitative estimate of drug-likeness (QED) is 0.841. The van der Waals surface area contributed by atoms with Crippen LogP contribution >= 0.6 is 11.8 Å². The average molecular weight is 407 g/mol. The molecule has 9 heteroatoms. The third-order valence-electron chi connectivity index (χ3n) is 4.36. The maximum atomic E-state index is 14.3. The van der Waals surface area contributed by atoms with Crippen LogP contribution in [-0.4, -0.2) is 49.2 Å². The van der Waals surface area contributed by atoms with Crippen molar-refractivity contribution in [3.8, 4) is 0 Å². The molecule has 3 heterocycles. The number of halogens is 1. The Morgan fingerprint density at radius 1 is 1.29 bits per heavy atom. The first kappa shape index (κ1) is 20.1. The van der Waals surface area contributed by atoms with E-state index < -0.39 is 12.0 Å². The summed E-state index contributed by atoms with van der Waals surface area (Å²) in [6.45, 7) is 4.03. The Kier molecular flexibility index (Phi) is 6.45. The molecule has 0 spiro atoms. The van der Waals surface area contributed by atoms with Crippen LogP contribution in [0.1, 0.15) is 17.3 Å². The topological polar surface area (TPSA) is 89.0 Å². The molecule has 7 nitrogen and oxygen atoms in total. The van der Waals surface area contributed by atoms with Gasteiger partial charge in [-0.15, -0.1) is 0 Å². The Labute approximate surface area is 166 Å². The number of cyclic esters (lactones) is 1. The Balaban J connectivity index is 0.000000236. The van der Waals surface area contributed by atoms with Crippen molar-refractivity contribution < 1.29 is 23.1 Å². The van der Waals surface area contributed by atoms with E-state index in [1.54, 1.807) is 12.1 Å². The lowest BCUT2D eigenvalue weighted by atomic mass is 10.2. The smallest absolute Gasteiger partial charge is 0.414 e. The predicted molar refractivity (Wildman–Crippen MR) is 106 cm³/mol. The Morgan fingerprint density at radius 3 is 2.54 bits per heavy atom. The van der Waals surface area contributed by atoms with E-state index >= 15 is 0 Å². The maximum absolute atomic E-state index is 14.3. The monoisotopic (exact) mass is 407 g/mol. The number of furan rings is 1. The average Bonchev–Trinajstić information content (AvgIpc) is 3.33. The van der Waals surface area contributed by atoms with Crippen molar-refractivity contribution in [1.29, 1.82) is 0 Å². The second-order valence-corrected chi connectivity index (χ2v) is 7.64. The van der Waals surface area contributed by atoms with Gasteiger partial charge in [-0.3, -0.25) is 9.69 Å². The number of nitrogens with two attached hydrogens (primary N) is 1. The zero-order valence-electron chi connectivity index (χ0n) is 15.5. The summed E-state index contributed by atoms with van der Waals surface area (Å²) in [4.78, 5) is 25.4. The number of thioether (sulfide) groups is 1. The summed E-state index contributed by atoms with van der Waals surface area (Å²) in [6, 6.07) is 6.50. The molecule has 0 unspecified atom stereocenters. The van der Waals surface area contributed by atoms with Gasteiger partial charge in [0.1, 0.15) is 18.2 Å². The van der Waals surface area contributed by atoms with Crippen LogP contribution in [0.2, 0.25) is 0 Å². The van der Waals surface area contributed by atoms with Crippen LogP contribution in [0.3, 0.4) is 0 Å². The first-order valence-electron chi connectivity index (χ1n) is 8.88. The number of primary amides is 1. The molecule has 2 aromatic rings. The second kappa shape index (κ2) is 9.01. The first-order valence-corrected chi connectivity index (χ1v) is 10.0. The van der Waals surface area contributed by atoms with Crippen LogP contribution < -0.4 is 15.5 Å². The van der Waals surface area contributed by atoms with Crippen LogP contribution in [0.5, 0.6) is 0 Å². The van der Waals surface area contributed by atoms with E-state index in [1.165, 1.54) is 29.6 Å². The molecule has 150 valence electrons. The molecule has 0 radical (unpaired) electrons. The van der Waals surface area contributed by atoms with Crippen molar-refractivity contribution in [2.45, 2.75) is 13.0 Å². The highest BCUT2D eigenvalue weighted by molar-refractivity contribution is 7.99. The van der Waals surface area contributed by atoms with Gasteiger partial charge in [0.05, 0.1) is 29.7 Å². The van der Waals surface area contributed by atoms with Gasteiger partial charge in [0.25, 0.3) is 5.91 Å². The highest BCUT2D eigenvalue weighted by Gasteiger charge is 2.30. The van der Waals surface area contributed by atoms with Gasteiger partial charge < -0.3 is 19.8 Å². The minimum Gasteiger partial charge on any atom is -0.472 e. The summed E-state index contributed by atoms with van der Waals surface area (Å²) >= 11 is 1.89. The molecule has 2 fully saturated rings. The summed E-state index contributed by atoms with van der Waals surface area (Å²) in [7, 11) is 0. The molecule has 1 aromatic carbocycles. The summed E-state index contributed by atoms with van der Waals surface area (Å²) in [5.74, 6) is 1.31. The first-order chi connectivity index (χ1) is 13.5. The molecule has 28 heavy (non-hydrogen) atoms. The fraction of sp³-hybridized carbons (Fsp3) is 0.368. The maximum Gasteiger partial charge on any atom is 0.414 e. The molecular formula is C19H22FN3O4S. The molecule has 2 amide bonds. The molecule has 2 saturated heterocycles. The van der Waals surface area contributed by atoms with Crippen molar-refractivity contribution in [1.82, 2.24) is 0 Å². The standard InChI is InChI=1S/C14H17FN2O2S.C5H5NO2/c1-10-9-17(14(18)19-10)11-2-3-13(12(15)8-11)16-4-6-20-7-5-16;6-5(7)4-1-2-8-3-4/h2-3,8,10H,4-7,9H2,1H3;1-3H,(H2,6,7)/t10-;/m0./s1. The minimum atomic E-state index is -0.459. The van der Waals surface area contributed by atoms with E-state index in [0.717, 1.165) is 24.6 Å². The molecule has 2 N–H and O–H groups in total. The fourth-order valence-corrected chi connectivity index (χ4v) is 3.85. The van der Waals surface area contributed by atoms with Crippen LogP contribution in [0.4, 0.5) is 20.6 Å². The molecule has 0 bridgehead atoms. The van der Waals surface area contributed by atoms with Gasteiger partial charge in [-0.2, -0.15) is 11.8 Å². The van der Waals surface area contributed by atoms with Gasteiger partial charge in [0, 0.05) is 24.6 Å². The highest BCUT2D eigenvalue weighted by Crippen LogP contribution is 2.29. The van der Waals surface area contributed by atoms with Crippen LogP contribution in [0.25, 0.3) is 0 Å². The van der Waals surface area contributed by atoms with E-state index in [-0.39, 0.29) is 11.9 Å². The highest BCUT2D eigenvalue weighted by atomic mass is 32.2. The zero-order chi connectivity index (χ0) is 20.1. The second-order valence-electron chi connectivity index (χ2n) is 6.42. The number of amides is 2. The van der Waals surface area contributed by atoms with Crippen molar-refractivity contribution in [3.05, 3.63) is 48.2 Å². The third-order valence-corrected chi connectivity index (χ3v) is 5.30. The number of rotatable bonds is 3. The summed E-state index contributed by atoms with van der Waals surface area (Å²) < 4.78 is 23.9. The molecule has 2 aliphatic heterocycles. The molecule has 1 atom stereocenters. The molecule has 0 saturated carbocycles. The van der Waals surface area contributed by atoms with Gasteiger partial charge >= 0.3 is 6.09 Å². The SMILES string of the molecule is C[C@H]1CN(c2ccc(N3CCSCC3)c(F)c2)C(=O)O1.NC(=O)c1ccoc1. The number of carbonyl (C=O) groups is 2. The van der Waals surface area contributed by atoms with Gasteiger partial charge in [-0.05, 0) is 31.2 Å². The lowest BCUT2D eigenvalue weighted by Gasteiger charge is -2.29. The van der Waals surface area contributed by atoms with Gasteiger partial charge in [-0.1, -0.05) is 0 Å². The van der Waals surface area contributed by atoms with Crippen molar-refractivity contribution >= 4 is 35.1 Å².